The molecule has 0 N–H and O–H groups in total. The Balaban J connectivity index is 1.89. The van der Waals surface area contributed by atoms with Crippen LogP contribution < -0.4 is 0 Å². The minimum absolute atomic E-state index is 0.000263. The third-order valence-electron chi connectivity index (χ3n) is 3.71. The minimum Gasteiger partial charge on any atom is -0.460 e. The summed E-state index contributed by atoms with van der Waals surface area (Å²) in [7, 11) is 0. The Labute approximate surface area is 114 Å². The summed E-state index contributed by atoms with van der Waals surface area (Å²) in [5, 5.41) is 0. The Bertz CT molecular complexity index is 395. The lowest BCUT2D eigenvalue weighted by molar-refractivity contribution is -0.153. The van der Waals surface area contributed by atoms with Crippen molar-refractivity contribution in [1.82, 2.24) is 0 Å². The van der Waals surface area contributed by atoms with Gasteiger partial charge in [-0.3, -0.25) is 4.79 Å². The van der Waals surface area contributed by atoms with E-state index >= 15 is 0 Å². The van der Waals surface area contributed by atoms with Crippen molar-refractivity contribution in [3.05, 3.63) is 23.8 Å². The Morgan fingerprint density at radius 1 is 1.37 bits per heavy atom. The molecular formula is C15H22O4. The van der Waals surface area contributed by atoms with E-state index in [0.717, 1.165) is 12.0 Å². The van der Waals surface area contributed by atoms with E-state index in [4.69, 9.17) is 14.2 Å². The topological polar surface area (TPSA) is 44.8 Å². The molecule has 2 aliphatic rings. The van der Waals surface area contributed by atoms with Gasteiger partial charge in [-0.1, -0.05) is 19.1 Å². The summed E-state index contributed by atoms with van der Waals surface area (Å²) < 4.78 is 16.5. The molecule has 2 rings (SSSR count). The van der Waals surface area contributed by atoms with Gasteiger partial charge < -0.3 is 14.2 Å². The molecule has 0 aromatic carbocycles. The first-order valence-electron chi connectivity index (χ1n) is 6.82. The standard InChI is InChI=1S/C15H22O4/c1-4-15(2,3)14(16)19-10-11-5-6-12-13(9-11)18-8-7-17-12/h5-6,9,12-13H,4,7-8,10H2,1-3H3. The number of rotatable bonds is 4. The number of carbonyl (C=O) groups is 1. The molecule has 1 aliphatic heterocycles. The summed E-state index contributed by atoms with van der Waals surface area (Å²) in [5.74, 6) is -0.160. The second kappa shape index (κ2) is 5.88. The third-order valence-corrected chi connectivity index (χ3v) is 3.71. The first kappa shape index (κ1) is 14.3. The van der Waals surface area contributed by atoms with Crippen LogP contribution in [0, 0.1) is 5.41 Å². The van der Waals surface area contributed by atoms with Gasteiger partial charge in [-0.15, -0.1) is 0 Å². The van der Waals surface area contributed by atoms with Gasteiger partial charge in [-0.05, 0) is 31.9 Å². The van der Waals surface area contributed by atoms with Crippen molar-refractivity contribution in [2.45, 2.75) is 39.4 Å². The molecule has 1 fully saturated rings. The number of hydrogen-bond donors (Lipinski definition) is 0. The quantitative estimate of drug-likeness (QED) is 0.732. The zero-order chi connectivity index (χ0) is 13.9. The van der Waals surface area contributed by atoms with E-state index in [1.165, 1.54) is 0 Å². The van der Waals surface area contributed by atoms with Gasteiger partial charge in [-0.25, -0.2) is 0 Å². The SMILES string of the molecule is CCC(C)(C)C(=O)OCC1=CC2OCCOC2C=C1. The van der Waals surface area contributed by atoms with Gasteiger partial charge in [0.05, 0.1) is 18.6 Å². The highest BCUT2D eigenvalue weighted by Crippen LogP contribution is 2.23. The summed E-state index contributed by atoms with van der Waals surface area (Å²) in [4.78, 5) is 11.9. The zero-order valence-electron chi connectivity index (χ0n) is 11.8. The molecule has 2 unspecified atom stereocenters. The van der Waals surface area contributed by atoms with Crippen molar-refractivity contribution >= 4 is 5.97 Å². The molecule has 1 aliphatic carbocycles. The van der Waals surface area contributed by atoms with Crippen molar-refractivity contribution in [3.63, 3.8) is 0 Å². The molecule has 0 spiro atoms. The predicted molar refractivity (Wildman–Crippen MR) is 71.7 cm³/mol. The fourth-order valence-corrected chi connectivity index (χ4v) is 1.94. The van der Waals surface area contributed by atoms with Crippen molar-refractivity contribution in [3.8, 4) is 0 Å². The van der Waals surface area contributed by atoms with Crippen molar-refractivity contribution in [2.24, 2.45) is 5.41 Å². The lowest BCUT2D eigenvalue weighted by Gasteiger charge is -2.31. The molecule has 0 bridgehead atoms. The molecule has 19 heavy (non-hydrogen) atoms. The van der Waals surface area contributed by atoms with Gasteiger partial charge in [0.2, 0.25) is 0 Å². The molecule has 106 valence electrons. The van der Waals surface area contributed by atoms with Crippen LogP contribution in [-0.2, 0) is 19.0 Å². The molecule has 0 aromatic heterocycles. The number of carbonyl (C=O) groups excluding carboxylic acids is 1. The Morgan fingerprint density at radius 3 is 2.74 bits per heavy atom. The molecule has 0 aromatic rings. The Morgan fingerprint density at radius 2 is 2.05 bits per heavy atom. The Hall–Kier alpha value is -1.13. The Kier molecular flexibility index (Phi) is 4.42. The zero-order valence-corrected chi connectivity index (χ0v) is 11.8. The average molecular weight is 266 g/mol. The van der Waals surface area contributed by atoms with Gasteiger partial charge in [-0.2, -0.15) is 0 Å². The van der Waals surface area contributed by atoms with E-state index in [-0.39, 0.29) is 18.2 Å². The first-order valence-corrected chi connectivity index (χ1v) is 6.82. The molecule has 4 nitrogen and oxygen atoms in total. The summed E-state index contributed by atoms with van der Waals surface area (Å²) >= 11 is 0. The highest BCUT2D eigenvalue weighted by molar-refractivity contribution is 5.76. The predicted octanol–water partition coefficient (Wildman–Crippen LogP) is 2.25. The molecule has 0 saturated carbocycles. The van der Waals surface area contributed by atoms with Gasteiger partial charge in [0.15, 0.2) is 0 Å². The minimum atomic E-state index is -0.425. The highest BCUT2D eigenvalue weighted by atomic mass is 16.6. The molecule has 1 heterocycles. The maximum atomic E-state index is 11.9. The third kappa shape index (κ3) is 3.45. The monoisotopic (exact) mass is 266 g/mol. The van der Waals surface area contributed by atoms with Crippen molar-refractivity contribution in [2.75, 3.05) is 19.8 Å². The van der Waals surface area contributed by atoms with Crippen LogP contribution in [0.4, 0.5) is 0 Å². The second-order valence-corrected chi connectivity index (χ2v) is 5.59. The van der Waals surface area contributed by atoms with Gasteiger partial charge in [0.25, 0.3) is 0 Å². The lowest BCUT2D eigenvalue weighted by Crippen LogP contribution is -2.37. The maximum absolute atomic E-state index is 11.9. The first-order chi connectivity index (χ1) is 9.03. The maximum Gasteiger partial charge on any atom is 0.311 e. The summed E-state index contributed by atoms with van der Waals surface area (Å²) in [6.45, 7) is 7.32. The number of fused-ring (bicyclic) bond motifs is 1. The van der Waals surface area contributed by atoms with E-state index in [0.29, 0.717) is 19.8 Å². The van der Waals surface area contributed by atoms with E-state index < -0.39 is 5.41 Å². The highest BCUT2D eigenvalue weighted by Gasteiger charge is 2.29. The summed E-state index contributed by atoms with van der Waals surface area (Å²) in [5.41, 5.74) is 0.540. The van der Waals surface area contributed by atoms with E-state index in [1.54, 1.807) is 0 Å². The largest absolute Gasteiger partial charge is 0.460 e. The lowest BCUT2D eigenvalue weighted by atomic mass is 9.91. The van der Waals surface area contributed by atoms with Crippen molar-refractivity contribution < 1.29 is 19.0 Å². The van der Waals surface area contributed by atoms with E-state index in [1.807, 2.05) is 39.0 Å². The van der Waals surface area contributed by atoms with Crippen molar-refractivity contribution in [1.29, 1.82) is 0 Å². The van der Waals surface area contributed by atoms with Gasteiger partial charge in [0.1, 0.15) is 18.8 Å². The second-order valence-electron chi connectivity index (χ2n) is 5.59. The van der Waals surface area contributed by atoms with Gasteiger partial charge in [0, 0.05) is 0 Å². The van der Waals surface area contributed by atoms with Gasteiger partial charge >= 0.3 is 5.97 Å². The molecule has 2 atom stereocenters. The van der Waals surface area contributed by atoms with Crippen LogP contribution >= 0.6 is 0 Å². The van der Waals surface area contributed by atoms with Crippen LogP contribution in [0.5, 0.6) is 0 Å². The molecule has 1 saturated heterocycles. The van der Waals surface area contributed by atoms with Crippen LogP contribution in [0.1, 0.15) is 27.2 Å². The van der Waals surface area contributed by atoms with Crippen LogP contribution in [-0.4, -0.2) is 38.0 Å². The number of hydrogen-bond acceptors (Lipinski definition) is 4. The average Bonchev–Trinajstić information content (AvgIpc) is 2.44. The smallest absolute Gasteiger partial charge is 0.311 e. The van der Waals surface area contributed by atoms with E-state index in [9.17, 15) is 4.79 Å². The summed E-state index contributed by atoms with van der Waals surface area (Å²) in [6, 6.07) is 0. The number of ether oxygens (including phenoxy) is 3. The van der Waals surface area contributed by atoms with Crippen LogP contribution in [0.15, 0.2) is 23.8 Å². The molecular weight excluding hydrogens is 244 g/mol. The van der Waals surface area contributed by atoms with Crippen LogP contribution in [0.25, 0.3) is 0 Å². The van der Waals surface area contributed by atoms with Crippen LogP contribution in [0.2, 0.25) is 0 Å². The fraction of sp³-hybridized carbons (Fsp3) is 0.667. The fourth-order valence-electron chi connectivity index (χ4n) is 1.94. The summed E-state index contributed by atoms with van der Waals surface area (Å²) in [6.07, 6.45) is 6.62. The van der Waals surface area contributed by atoms with E-state index in [2.05, 4.69) is 0 Å². The number of esters is 1. The molecule has 4 heteroatoms. The van der Waals surface area contributed by atoms with Crippen LogP contribution in [0.3, 0.4) is 0 Å². The molecule has 0 radical (unpaired) electrons. The normalized spacial score (nSPS) is 26.6. The molecule has 0 amide bonds.